The quantitative estimate of drug-likeness (QED) is 0.776. The lowest BCUT2D eigenvalue weighted by atomic mass is 10.1. The van der Waals surface area contributed by atoms with Crippen LogP contribution in [-0.2, 0) is 4.79 Å². The predicted molar refractivity (Wildman–Crippen MR) is 67.0 cm³/mol. The Labute approximate surface area is 103 Å². The number of urea groups is 1. The molecular formula is C12H24N2O3. The minimum absolute atomic E-state index is 0.0932. The van der Waals surface area contributed by atoms with E-state index in [1.807, 2.05) is 27.7 Å². The van der Waals surface area contributed by atoms with E-state index in [9.17, 15) is 9.59 Å². The summed E-state index contributed by atoms with van der Waals surface area (Å²) < 4.78 is 0. The zero-order valence-corrected chi connectivity index (χ0v) is 11.4. The van der Waals surface area contributed by atoms with E-state index < -0.39 is 5.97 Å². The normalized spacial score (nSPS) is 12.4. The highest BCUT2D eigenvalue weighted by molar-refractivity contribution is 5.80. The molecule has 0 heterocycles. The van der Waals surface area contributed by atoms with Gasteiger partial charge in [0.15, 0.2) is 0 Å². The number of nitrogens with zero attached hydrogens (tertiary/aromatic N) is 2. The maximum Gasteiger partial charge on any atom is 0.323 e. The fourth-order valence-corrected chi connectivity index (χ4v) is 1.52. The number of hydrogen-bond acceptors (Lipinski definition) is 2. The Morgan fingerprint density at radius 2 is 1.76 bits per heavy atom. The van der Waals surface area contributed by atoms with Crippen molar-refractivity contribution in [2.24, 2.45) is 5.92 Å². The highest BCUT2D eigenvalue weighted by Gasteiger charge is 2.24. The zero-order valence-electron chi connectivity index (χ0n) is 11.4. The average Bonchev–Trinajstić information content (AvgIpc) is 2.24. The summed E-state index contributed by atoms with van der Waals surface area (Å²) in [4.78, 5) is 25.8. The Morgan fingerprint density at radius 1 is 1.24 bits per heavy atom. The fourth-order valence-electron chi connectivity index (χ4n) is 1.52. The van der Waals surface area contributed by atoms with Crippen molar-refractivity contribution in [3.8, 4) is 0 Å². The van der Waals surface area contributed by atoms with Crippen molar-refractivity contribution in [2.75, 3.05) is 20.1 Å². The molecule has 0 aromatic rings. The van der Waals surface area contributed by atoms with Crippen molar-refractivity contribution in [1.29, 1.82) is 0 Å². The number of rotatable bonds is 6. The first-order valence-corrected chi connectivity index (χ1v) is 6.04. The van der Waals surface area contributed by atoms with Gasteiger partial charge in [0.25, 0.3) is 0 Å². The molecule has 5 nitrogen and oxygen atoms in total. The molecule has 2 amide bonds. The summed E-state index contributed by atoms with van der Waals surface area (Å²) in [6.07, 6.45) is 0.753. The first-order chi connectivity index (χ1) is 7.81. The van der Waals surface area contributed by atoms with Crippen LogP contribution in [0.3, 0.4) is 0 Å². The molecule has 0 saturated heterocycles. The molecule has 0 aromatic carbocycles. The molecule has 0 aliphatic carbocycles. The van der Waals surface area contributed by atoms with Crippen molar-refractivity contribution >= 4 is 12.0 Å². The van der Waals surface area contributed by atoms with E-state index in [1.54, 1.807) is 11.9 Å². The summed E-state index contributed by atoms with van der Waals surface area (Å²) in [5, 5.41) is 8.78. The van der Waals surface area contributed by atoms with Gasteiger partial charge in [-0.15, -0.1) is 0 Å². The van der Waals surface area contributed by atoms with E-state index in [2.05, 4.69) is 0 Å². The summed E-state index contributed by atoms with van der Waals surface area (Å²) in [6.45, 7) is 8.20. The average molecular weight is 244 g/mol. The second kappa shape index (κ2) is 7.14. The van der Waals surface area contributed by atoms with Gasteiger partial charge in [-0.05, 0) is 19.3 Å². The largest absolute Gasteiger partial charge is 0.480 e. The van der Waals surface area contributed by atoms with Gasteiger partial charge in [-0.3, -0.25) is 4.79 Å². The molecule has 0 bridgehead atoms. The molecule has 5 heteroatoms. The standard InChI is InChI=1S/C12H24N2O3/c1-6-7-14(8-11(15)16)12(17)13(5)10(4)9(2)3/h9-10H,6-8H2,1-5H3,(H,15,16). The van der Waals surface area contributed by atoms with Crippen molar-refractivity contribution in [3.05, 3.63) is 0 Å². The molecule has 1 atom stereocenters. The highest BCUT2D eigenvalue weighted by Crippen LogP contribution is 2.10. The number of carboxylic acids is 1. The molecule has 0 aromatic heterocycles. The van der Waals surface area contributed by atoms with Crippen molar-refractivity contribution < 1.29 is 14.7 Å². The van der Waals surface area contributed by atoms with Gasteiger partial charge in [0.2, 0.25) is 0 Å². The summed E-state index contributed by atoms with van der Waals surface area (Å²) in [7, 11) is 1.72. The summed E-state index contributed by atoms with van der Waals surface area (Å²) in [6, 6.07) is -0.119. The van der Waals surface area contributed by atoms with Crippen LogP contribution in [0, 0.1) is 5.92 Å². The number of aliphatic carboxylic acids is 1. The van der Waals surface area contributed by atoms with Crippen LogP contribution < -0.4 is 0 Å². The lowest BCUT2D eigenvalue weighted by Gasteiger charge is -2.32. The second-order valence-electron chi connectivity index (χ2n) is 4.69. The Bertz CT molecular complexity index is 266. The second-order valence-corrected chi connectivity index (χ2v) is 4.69. The Balaban J connectivity index is 4.64. The van der Waals surface area contributed by atoms with Gasteiger partial charge in [0.05, 0.1) is 0 Å². The lowest BCUT2D eigenvalue weighted by molar-refractivity contribution is -0.137. The lowest BCUT2D eigenvalue weighted by Crippen LogP contribution is -2.48. The third-order valence-electron chi connectivity index (χ3n) is 2.97. The van der Waals surface area contributed by atoms with Crippen molar-refractivity contribution in [2.45, 2.75) is 40.2 Å². The first kappa shape index (κ1) is 15.7. The predicted octanol–water partition coefficient (Wildman–Crippen LogP) is 1.88. The van der Waals surface area contributed by atoms with Gasteiger partial charge in [-0.2, -0.15) is 0 Å². The van der Waals surface area contributed by atoms with E-state index in [1.165, 1.54) is 4.90 Å². The topological polar surface area (TPSA) is 60.9 Å². The maximum absolute atomic E-state index is 12.1. The van der Waals surface area contributed by atoms with Crippen LogP contribution in [0.1, 0.15) is 34.1 Å². The van der Waals surface area contributed by atoms with Gasteiger partial charge in [-0.25, -0.2) is 4.79 Å². The van der Waals surface area contributed by atoms with Gasteiger partial charge < -0.3 is 14.9 Å². The van der Waals surface area contributed by atoms with Crippen LogP contribution in [0.15, 0.2) is 0 Å². The van der Waals surface area contributed by atoms with Crippen LogP contribution in [0.2, 0.25) is 0 Å². The van der Waals surface area contributed by atoms with E-state index in [0.717, 1.165) is 6.42 Å². The number of hydrogen-bond donors (Lipinski definition) is 1. The van der Waals surface area contributed by atoms with E-state index in [4.69, 9.17) is 5.11 Å². The highest BCUT2D eigenvalue weighted by atomic mass is 16.4. The Morgan fingerprint density at radius 3 is 2.12 bits per heavy atom. The summed E-state index contributed by atoms with van der Waals surface area (Å²) >= 11 is 0. The van der Waals surface area contributed by atoms with Crippen molar-refractivity contribution in [1.82, 2.24) is 9.80 Å². The Hall–Kier alpha value is -1.26. The zero-order chi connectivity index (χ0) is 13.6. The van der Waals surface area contributed by atoms with Gasteiger partial charge in [0.1, 0.15) is 6.54 Å². The smallest absolute Gasteiger partial charge is 0.323 e. The molecule has 0 radical (unpaired) electrons. The minimum atomic E-state index is -0.975. The van der Waals surface area contributed by atoms with Crippen LogP contribution in [-0.4, -0.2) is 53.1 Å². The van der Waals surface area contributed by atoms with Crippen LogP contribution in [0.5, 0.6) is 0 Å². The van der Waals surface area contributed by atoms with E-state index in [0.29, 0.717) is 12.5 Å². The van der Waals surface area contributed by atoms with Gasteiger partial charge in [0, 0.05) is 19.6 Å². The number of carbonyl (C=O) groups is 2. The number of carbonyl (C=O) groups excluding carboxylic acids is 1. The fraction of sp³-hybridized carbons (Fsp3) is 0.833. The molecule has 0 saturated carbocycles. The molecule has 1 unspecified atom stereocenters. The third kappa shape index (κ3) is 5.06. The van der Waals surface area contributed by atoms with Gasteiger partial charge >= 0.3 is 12.0 Å². The minimum Gasteiger partial charge on any atom is -0.480 e. The number of amides is 2. The van der Waals surface area contributed by atoms with Gasteiger partial charge in [-0.1, -0.05) is 20.8 Å². The molecule has 0 aliphatic rings. The van der Waals surface area contributed by atoms with Crippen molar-refractivity contribution in [3.63, 3.8) is 0 Å². The molecule has 0 aliphatic heterocycles. The number of carboxylic acid groups (broad SMARTS) is 1. The molecule has 1 N–H and O–H groups in total. The molecular weight excluding hydrogens is 220 g/mol. The SMILES string of the molecule is CCCN(CC(=O)O)C(=O)N(C)C(C)C(C)C. The summed E-state index contributed by atoms with van der Waals surface area (Å²) in [5.41, 5.74) is 0. The van der Waals surface area contributed by atoms with Crippen LogP contribution >= 0.6 is 0 Å². The molecule has 0 rings (SSSR count). The first-order valence-electron chi connectivity index (χ1n) is 6.04. The van der Waals surface area contributed by atoms with Crippen LogP contribution in [0.4, 0.5) is 4.79 Å². The molecule has 100 valence electrons. The molecule has 17 heavy (non-hydrogen) atoms. The van der Waals surface area contributed by atoms with E-state index >= 15 is 0 Å². The summed E-state index contributed by atoms with van der Waals surface area (Å²) in [5.74, 6) is -0.630. The monoisotopic (exact) mass is 244 g/mol. The van der Waals surface area contributed by atoms with Crippen LogP contribution in [0.25, 0.3) is 0 Å². The third-order valence-corrected chi connectivity index (χ3v) is 2.97. The van der Waals surface area contributed by atoms with E-state index in [-0.39, 0.29) is 18.6 Å². The molecule has 0 fully saturated rings. The maximum atomic E-state index is 12.1. The molecule has 0 spiro atoms. The Kier molecular flexibility index (Phi) is 6.61.